The Morgan fingerprint density at radius 3 is 1.93 bits per heavy atom. The van der Waals surface area contributed by atoms with Gasteiger partial charge in [-0.15, -0.1) is 0 Å². The van der Waals surface area contributed by atoms with Gasteiger partial charge in [-0.25, -0.2) is 14.0 Å². The van der Waals surface area contributed by atoms with Gasteiger partial charge in [0.1, 0.15) is 5.75 Å². The van der Waals surface area contributed by atoms with Crippen LogP contribution in [0.5, 0.6) is 11.5 Å². The molecule has 0 aliphatic rings. The van der Waals surface area contributed by atoms with E-state index in [9.17, 15) is 27.2 Å². The van der Waals surface area contributed by atoms with Crippen LogP contribution < -0.4 is 9.47 Å². The number of hydrogen-bond acceptors (Lipinski definition) is 6. The van der Waals surface area contributed by atoms with Crippen LogP contribution in [0.15, 0.2) is 66.7 Å². The Labute approximate surface area is 268 Å². The van der Waals surface area contributed by atoms with E-state index in [0.29, 0.717) is 19.3 Å². The second-order valence-corrected chi connectivity index (χ2v) is 10.9. The number of unbranched alkanes of at least 4 members (excludes halogenated alkanes) is 6. The maximum absolute atomic E-state index is 14.7. The van der Waals surface area contributed by atoms with Gasteiger partial charge in [0.05, 0.1) is 17.7 Å². The Morgan fingerprint density at radius 2 is 1.33 bits per heavy atom. The fourth-order valence-corrected chi connectivity index (χ4v) is 4.66. The second-order valence-electron chi connectivity index (χ2n) is 10.9. The number of carbonyl (C=O) groups excluding carboxylic acids is 2. The van der Waals surface area contributed by atoms with Crippen LogP contribution in [-0.2, 0) is 9.47 Å². The molecule has 0 aliphatic carbocycles. The fourth-order valence-electron chi connectivity index (χ4n) is 4.66. The Kier molecular flexibility index (Phi) is 15.0. The monoisotopic (exact) mass is 646 g/mol. The van der Waals surface area contributed by atoms with Crippen molar-refractivity contribution >= 4 is 11.9 Å². The third-order valence-electron chi connectivity index (χ3n) is 7.27. The molecule has 3 aromatic carbocycles. The molecule has 3 aromatic rings. The summed E-state index contributed by atoms with van der Waals surface area (Å²) in [5.74, 6) is -3.00. The molecule has 0 N–H and O–H groups in total. The minimum atomic E-state index is -4.80. The normalized spacial score (nSPS) is 12.0. The predicted molar refractivity (Wildman–Crippen MR) is 168 cm³/mol. The first-order valence-electron chi connectivity index (χ1n) is 15.8. The molecule has 0 spiro atoms. The molecule has 46 heavy (non-hydrogen) atoms. The summed E-state index contributed by atoms with van der Waals surface area (Å²) in [6.45, 7) is 5.02. The van der Waals surface area contributed by atoms with E-state index in [1.807, 2.05) is 24.3 Å². The highest BCUT2D eigenvalue weighted by molar-refractivity contribution is 5.92. The number of alkyl halides is 3. The number of benzene rings is 3. The Balaban J connectivity index is 1.51. The fraction of sp³-hybridized carbons (Fsp3) is 0.444. The summed E-state index contributed by atoms with van der Waals surface area (Å²) < 4.78 is 75.3. The maximum atomic E-state index is 14.7. The highest BCUT2D eigenvalue weighted by Gasteiger charge is 2.42. The van der Waals surface area contributed by atoms with Crippen LogP contribution in [0.25, 0.3) is 11.1 Å². The Bertz CT molecular complexity index is 1360. The number of esters is 2. The van der Waals surface area contributed by atoms with Crippen molar-refractivity contribution in [1.29, 1.82) is 0 Å². The van der Waals surface area contributed by atoms with Crippen molar-refractivity contribution in [2.45, 2.75) is 83.9 Å². The number of carbonyl (C=O) groups is 2. The molecule has 10 heteroatoms. The third kappa shape index (κ3) is 12.1. The van der Waals surface area contributed by atoms with Gasteiger partial charge >= 0.3 is 18.1 Å². The smallest absolute Gasteiger partial charge is 0.425 e. The van der Waals surface area contributed by atoms with E-state index in [0.717, 1.165) is 41.9 Å². The largest absolute Gasteiger partial charge is 0.494 e. The van der Waals surface area contributed by atoms with E-state index in [1.54, 1.807) is 19.1 Å². The van der Waals surface area contributed by atoms with E-state index in [1.165, 1.54) is 44.2 Å². The van der Waals surface area contributed by atoms with Crippen LogP contribution in [0.4, 0.5) is 17.6 Å². The van der Waals surface area contributed by atoms with E-state index in [2.05, 4.69) is 11.7 Å². The Hall–Kier alpha value is -3.92. The first kappa shape index (κ1) is 36.5. The standard InChI is InChI=1S/C36H42F4O6/c1-3-5-6-7-8-9-10-24-44-30-20-17-27(18-21-30)26-13-15-28(16-14-26)34(41)45-32-22-19-29(25-31(32)37)35(42)46-33(36(38,39)40)12-11-23-43-4-2/h13-22,25,33H,3-12,23-24H2,1-2H3. The van der Waals surface area contributed by atoms with Gasteiger partial charge in [-0.1, -0.05) is 69.7 Å². The van der Waals surface area contributed by atoms with Gasteiger partial charge in [-0.3, -0.25) is 0 Å². The summed E-state index contributed by atoms with van der Waals surface area (Å²) in [5, 5.41) is 0. The molecule has 250 valence electrons. The summed E-state index contributed by atoms with van der Waals surface area (Å²) >= 11 is 0. The molecule has 0 saturated carbocycles. The molecule has 0 fully saturated rings. The van der Waals surface area contributed by atoms with E-state index in [-0.39, 0.29) is 18.6 Å². The van der Waals surface area contributed by atoms with Crippen molar-refractivity contribution in [2.24, 2.45) is 0 Å². The molecule has 0 radical (unpaired) electrons. The average molecular weight is 647 g/mol. The summed E-state index contributed by atoms with van der Waals surface area (Å²) in [6, 6.07) is 16.9. The van der Waals surface area contributed by atoms with Gasteiger partial charge in [0.15, 0.2) is 17.7 Å². The Morgan fingerprint density at radius 1 is 0.717 bits per heavy atom. The third-order valence-corrected chi connectivity index (χ3v) is 7.27. The molecule has 0 amide bonds. The van der Waals surface area contributed by atoms with Gasteiger partial charge in [0.25, 0.3) is 0 Å². The minimum Gasteiger partial charge on any atom is -0.494 e. The zero-order valence-corrected chi connectivity index (χ0v) is 26.4. The van der Waals surface area contributed by atoms with E-state index in [4.69, 9.17) is 14.2 Å². The van der Waals surface area contributed by atoms with Crippen LogP contribution in [0.2, 0.25) is 0 Å². The summed E-state index contributed by atoms with van der Waals surface area (Å²) in [7, 11) is 0. The van der Waals surface area contributed by atoms with Gasteiger partial charge in [0.2, 0.25) is 0 Å². The molecule has 1 atom stereocenters. The first-order valence-corrected chi connectivity index (χ1v) is 15.8. The molecule has 6 nitrogen and oxygen atoms in total. The summed E-state index contributed by atoms with van der Waals surface area (Å²) in [6.07, 6.45) is 0.881. The molecule has 0 aliphatic heterocycles. The van der Waals surface area contributed by atoms with Crippen molar-refractivity contribution in [1.82, 2.24) is 0 Å². The van der Waals surface area contributed by atoms with Gasteiger partial charge in [0, 0.05) is 13.2 Å². The SMILES string of the molecule is CCCCCCCCCOc1ccc(-c2ccc(C(=O)Oc3ccc(C(=O)OC(CCCOCC)C(F)(F)F)cc3F)cc2)cc1. The van der Waals surface area contributed by atoms with Crippen LogP contribution >= 0.6 is 0 Å². The minimum absolute atomic E-state index is 0.0240. The number of hydrogen-bond donors (Lipinski definition) is 0. The van der Waals surface area contributed by atoms with Crippen molar-refractivity contribution in [3.8, 4) is 22.6 Å². The van der Waals surface area contributed by atoms with E-state index < -0.39 is 47.8 Å². The van der Waals surface area contributed by atoms with Gasteiger partial charge in [-0.05, 0) is 79.8 Å². The topological polar surface area (TPSA) is 71.1 Å². The van der Waals surface area contributed by atoms with Crippen molar-refractivity contribution in [3.05, 3.63) is 83.7 Å². The van der Waals surface area contributed by atoms with Crippen LogP contribution in [0, 0.1) is 5.82 Å². The van der Waals surface area contributed by atoms with Gasteiger partial charge in [-0.2, -0.15) is 13.2 Å². The number of rotatable bonds is 19. The quantitative estimate of drug-likeness (QED) is 0.0559. The zero-order chi connectivity index (χ0) is 33.4. The lowest BCUT2D eigenvalue weighted by Crippen LogP contribution is -2.34. The van der Waals surface area contributed by atoms with Crippen molar-refractivity contribution in [2.75, 3.05) is 19.8 Å². The number of ether oxygens (including phenoxy) is 4. The van der Waals surface area contributed by atoms with E-state index >= 15 is 0 Å². The molecule has 0 bridgehead atoms. The van der Waals surface area contributed by atoms with Gasteiger partial charge < -0.3 is 18.9 Å². The van der Waals surface area contributed by atoms with Crippen LogP contribution in [0.3, 0.4) is 0 Å². The predicted octanol–water partition coefficient (Wildman–Crippen LogP) is 9.75. The zero-order valence-electron chi connectivity index (χ0n) is 26.4. The molecule has 0 aromatic heterocycles. The molecule has 0 heterocycles. The number of halogens is 4. The maximum Gasteiger partial charge on any atom is 0.425 e. The first-order chi connectivity index (χ1) is 22.1. The lowest BCUT2D eigenvalue weighted by molar-refractivity contribution is -0.206. The van der Waals surface area contributed by atoms with Crippen molar-refractivity contribution < 1.29 is 46.1 Å². The lowest BCUT2D eigenvalue weighted by atomic mass is 10.0. The molecular formula is C36H42F4O6. The molecule has 0 saturated heterocycles. The average Bonchev–Trinajstić information content (AvgIpc) is 3.04. The highest BCUT2D eigenvalue weighted by Crippen LogP contribution is 2.29. The summed E-state index contributed by atoms with van der Waals surface area (Å²) in [5.41, 5.74) is 1.47. The van der Waals surface area contributed by atoms with Crippen LogP contribution in [-0.4, -0.2) is 44.0 Å². The lowest BCUT2D eigenvalue weighted by Gasteiger charge is -2.20. The molecule has 3 rings (SSSR count). The highest BCUT2D eigenvalue weighted by atomic mass is 19.4. The second kappa shape index (κ2) is 18.9. The molecular weight excluding hydrogens is 604 g/mol. The van der Waals surface area contributed by atoms with Crippen LogP contribution in [0.1, 0.15) is 92.4 Å². The molecule has 1 unspecified atom stereocenters. The summed E-state index contributed by atoms with van der Waals surface area (Å²) in [4.78, 5) is 25.0. The van der Waals surface area contributed by atoms with Crippen molar-refractivity contribution in [3.63, 3.8) is 0 Å².